The molecular formula is C15H19N5. The van der Waals surface area contributed by atoms with E-state index >= 15 is 0 Å². The third-order valence-electron chi connectivity index (χ3n) is 3.29. The lowest BCUT2D eigenvalue weighted by Gasteiger charge is -2.02. The van der Waals surface area contributed by atoms with Crippen molar-refractivity contribution in [3.63, 3.8) is 0 Å². The van der Waals surface area contributed by atoms with Gasteiger partial charge in [0.05, 0.1) is 5.69 Å². The molecule has 20 heavy (non-hydrogen) atoms. The number of aryl methyl sites for hydroxylation is 1. The minimum Gasteiger partial charge on any atom is -0.275 e. The van der Waals surface area contributed by atoms with E-state index in [0.29, 0.717) is 5.82 Å². The zero-order valence-corrected chi connectivity index (χ0v) is 11.7. The second-order valence-corrected chi connectivity index (χ2v) is 4.84. The Labute approximate surface area is 118 Å². The molecule has 0 spiro atoms. The zero-order chi connectivity index (χ0) is 14.2. The van der Waals surface area contributed by atoms with Crippen LogP contribution in [0.25, 0.3) is 21.7 Å². The zero-order valence-electron chi connectivity index (χ0n) is 11.7. The summed E-state index contributed by atoms with van der Waals surface area (Å²) in [5, 5.41) is 10.3. The summed E-state index contributed by atoms with van der Waals surface area (Å²) in [5.41, 5.74) is 11.5. The molecule has 0 radical (unpaired) electrons. The van der Waals surface area contributed by atoms with Gasteiger partial charge in [-0.15, -0.1) is 0 Å². The first-order valence-corrected chi connectivity index (χ1v) is 7.03. The van der Waals surface area contributed by atoms with Crippen molar-refractivity contribution in [3.05, 3.63) is 46.3 Å². The van der Waals surface area contributed by atoms with Gasteiger partial charge in [0.2, 0.25) is 0 Å². The van der Waals surface area contributed by atoms with Crippen LogP contribution in [0.15, 0.2) is 35.4 Å². The van der Waals surface area contributed by atoms with Gasteiger partial charge in [0.15, 0.2) is 0 Å². The summed E-state index contributed by atoms with van der Waals surface area (Å²) in [7, 11) is 0. The molecule has 2 rings (SSSR count). The molecule has 0 atom stereocenters. The molecule has 5 nitrogen and oxygen atoms in total. The highest BCUT2D eigenvalue weighted by Gasteiger charge is 2.03. The van der Waals surface area contributed by atoms with E-state index in [1.165, 1.54) is 31.2 Å². The van der Waals surface area contributed by atoms with Crippen LogP contribution in [-0.4, -0.2) is 10.2 Å². The third kappa shape index (κ3) is 3.87. The monoisotopic (exact) mass is 269 g/mol. The van der Waals surface area contributed by atoms with Gasteiger partial charge < -0.3 is 0 Å². The summed E-state index contributed by atoms with van der Waals surface area (Å²) in [4.78, 5) is 2.73. The number of hydrogen-bond donors (Lipinski definition) is 1. The molecule has 0 aliphatic carbocycles. The van der Waals surface area contributed by atoms with Gasteiger partial charge >= 0.3 is 0 Å². The molecule has 0 bridgehead atoms. The van der Waals surface area contributed by atoms with Gasteiger partial charge in [0.25, 0.3) is 0 Å². The fourth-order valence-electron chi connectivity index (χ4n) is 2.16. The Morgan fingerprint density at radius 1 is 1.20 bits per heavy atom. The lowest BCUT2D eigenvalue weighted by Crippen LogP contribution is -1.86. The van der Waals surface area contributed by atoms with Crippen LogP contribution in [0.1, 0.15) is 38.2 Å². The minimum atomic E-state index is 0.436. The van der Waals surface area contributed by atoms with E-state index in [9.17, 15) is 0 Å². The first-order chi connectivity index (χ1) is 9.83. The largest absolute Gasteiger partial charge is 0.275 e. The molecule has 1 aromatic heterocycles. The Balaban J connectivity index is 1.98. The van der Waals surface area contributed by atoms with Crippen LogP contribution in [0, 0.1) is 0 Å². The molecule has 0 saturated carbocycles. The third-order valence-corrected chi connectivity index (χ3v) is 3.29. The van der Waals surface area contributed by atoms with E-state index in [0.717, 1.165) is 17.7 Å². The average molecular weight is 269 g/mol. The van der Waals surface area contributed by atoms with Gasteiger partial charge in [-0.3, -0.25) is 5.10 Å². The molecule has 5 heteroatoms. The number of H-pyrrole nitrogens is 1. The number of aromatic amines is 1. The molecule has 0 amide bonds. The standard InChI is InChI=1S/C15H19N5/c1-2-3-4-5-6-12-7-9-13(10-8-12)14-11-15(18-17-14)19-20-16/h7-11H,2-6H2,1H3,(H,17,18). The van der Waals surface area contributed by atoms with Crippen LogP contribution in [-0.2, 0) is 6.42 Å². The molecule has 0 aliphatic rings. The smallest absolute Gasteiger partial charge is 0.122 e. The molecule has 2 aromatic rings. The maximum Gasteiger partial charge on any atom is 0.122 e. The van der Waals surface area contributed by atoms with Crippen molar-refractivity contribution >= 4 is 5.82 Å². The van der Waals surface area contributed by atoms with Crippen molar-refractivity contribution in [2.75, 3.05) is 0 Å². The van der Waals surface area contributed by atoms with Crippen LogP contribution in [0.5, 0.6) is 0 Å². The maximum absolute atomic E-state index is 8.37. The fourth-order valence-corrected chi connectivity index (χ4v) is 2.16. The van der Waals surface area contributed by atoms with Gasteiger partial charge in [-0.2, -0.15) is 5.10 Å². The number of hydrogen-bond acceptors (Lipinski definition) is 2. The van der Waals surface area contributed by atoms with E-state index < -0.39 is 0 Å². The van der Waals surface area contributed by atoms with Crippen LogP contribution in [0.4, 0.5) is 5.82 Å². The number of nitrogens with one attached hydrogen (secondary N) is 1. The maximum atomic E-state index is 8.37. The van der Waals surface area contributed by atoms with Gasteiger partial charge in [-0.05, 0) is 35.1 Å². The highest BCUT2D eigenvalue weighted by atomic mass is 15.2. The van der Waals surface area contributed by atoms with E-state index in [4.69, 9.17) is 5.53 Å². The number of aromatic nitrogens is 2. The lowest BCUT2D eigenvalue weighted by molar-refractivity contribution is 0.667. The number of nitrogens with zero attached hydrogens (tertiary/aromatic N) is 4. The molecule has 1 heterocycles. The fraction of sp³-hybridized carbons (Fsp3) is 0.400. The highest BCUT2D eigenvalue weighted by Crippen LogP contribution is 2.22. The molecular weight excluding hydrogens is 250 g/mol. The molecule has 1 N–H and O–H groups in total. The normalized spacial score (nSPS) is 10.2. The molecule has 0 fully saturated rings. The van der Waals surface area contributed by atoms with E-state index in [1.807, 2.05) is 0 Å². The lowest BCUT2D eigenvalue weighted by atomic mass is 10.0. The van der Waals surface area contributed by atoms with Crippen LogP contribution in [0.2, 0.25) is 0 Å². The summed E-state index contributed by atoms with van der Waals surface area (Å²) < 4.78 is 0. The van der Waals surface area contributed by atoms with Crippen LogP contribution in [0.3, 0.4) is 0 Å². The summed E-state index contributed by atoms with van der Waals surface area (Å²) in [5.74, 6) is 0.436. The second-order valence-electron chi connectivity index (χ2n) is 4.84. The van der Waals surface area contributed by atoms with Gasteiger partial charge in [-0.25, -0.2) is 0 Å². The average Bonchev–Trinajstić information content (AvgIpc) is 2.93. The molecule has 104 valence electrons. The number of azide groups is 1. The Kier molecular flexibility index (Phi) is 5.21. The first kappa shape index (κ1) is 14.2. The Morgan fingerprint density at radius 2 is 2.00 bits per heavy atom. The van der Waals surface area contributed by atoms with Gasteiger partial charge in [-0.1, -0.05) is 50.5 Å². The first-order valence-electron chi connectivity index (χ1n) is 7.03. The Morgan fingerprint density at radius 3 is 2.70 bits per heavy atom. The van der Waals surface area contributed by atoms with Crippen molar-refractivity contribution in [2.45, 2.75) is 39.0 Å². The second kappa shape index (κ2) is 7.36. The Bertz CT molecular complexity index is 579. The van der Waals surface area contributed by atoms with Crippen LogP contribution >= 0.6 is 0 Å². The number of unbranched alkanes of at least 4 members (excludes halogenated alkanes) is 3. The molecule has 0 aliphatic heterocycles. The number of rotatable bonds is 7. The van der Waals surface area contributed by atoms with Crippen molar-refractivity contribution in [3.8, 4) is 11.3 Å². The summed E-state index contributed by atoms with van der Waals surface area (Å²) in [6, 6.07) is 10.2. The molecule has 0 unspecified atom stereocenters. The van der Waals surface area contributed by atoms with Crippen molar-refractivity contribution < 1.29 is 0 Å². The van der Waals surface area contributed by atoms with Crippen molar-refractivity contribution in [1.82, 2.24) is 10.2 Å². The van der Waals surface area contributed by atoms with Gasteiger partial charge in [0.1, 0.15) is 5.82 Å². The predicted molar refractivity (Wildman–Crippen MR) is 80.7 cm³/mol. The number of benzene rings is 1. The highest BCUT2D eigenvalue weighted by molar-refractivity contribution is 5.62. The summed E-state index contributed by atoms with van der Waals surface area (Å²) in [6.45, 7) is 2.23. The van der Waals surface area contributed by atoms with Crippen molar-refractivity contribution in [1.29, 1.82) is 0 Å². The molecule has 0 saturated heterocycles. The van der Waals surface area contributed by atoms with Crippen LogP contribution < -0.4 is 0 Å². The quantitative estimate of drug-likeness (QED) is 0.321. The minimum absolute atomic E-state index is 0.436. The van der Waals surface area contributed by atoms with E-state index in [2.05, 4.69) is 51.4 Å². The Hall–Kier alpha value is -2.26. The predicted octanol–water partition coefficient (Wildman–Crippen LogP) is 5.14. The van der Waals surface area contributed by atoms with E-state index in [1.54, 1.807) is 6.07 Å². The molecule has 1 aromatic carbocycles. The van der Waals surface area contributed by atoms with Crippen molar-refractivity contribution in [2.24, 2.45) is 5.11 Å². The SMILES string of the molecule is CCCCCCc1ccc(-c2cc(N=[N+]=[N-])[nH]n2)cc1. The topological polar surface area (TPSA) is 77.4 Å². The summed E-state index contributed by atoms with van der Waals surface area (Å²) >= 11 is 0. The van der Waals surface area contributed by atoms with E-state index in [-0.39, 0.29) is 0 Å². The summed E-state index contributed by atoms with van der Waals surface area (Å²) in [6.07, 6.45) is 6.26. The van der Waals surface area contributed by atoms with Gasteiger partial charge in [0, 0.05) is 10.5 Å².